The number of nitrogens with zero attached hydrogens (tertiary/aromatic N) is 5. The van der Waals surface area contributed by atoms with Crippen molar-refractivity contribution in [2.45, 2.75) is 37.8 Å². The van der Waals surface area contributed by atoms with Crippen molar-refractivity contribution in [1.82, 2.24) is 14.8 Å². The summed E-state index contributed by atoms with van der Waals surface area (Å²) >= 11 is 7.88. The van der Waals surface area contributed by atoms with Gasteiger partial charge in [0.15, 0.2) is 16.7 Å². The Hall–Kier alpha value is -4.27. The van der Waals surface area contributed by atoms with Gasteiger partial charge in [-0.15, -0.1) is 10.2 Å². The molecule has 0 unspecified atom stereocenters. The minimum Gasteiger partial charge on any atom is -0.494 e. The minimum atomic E-state index is -0.667. The normalized spacial score (nSPS) is 11.5. The highest BCUT2D eigenvalue weighted by atomic mass is 35.5. The van der Waals surface area contributed by atoms with Crippen molar-refractivity contribution in [2.75, 3.05) is 19.8 Å². The fraction of sp³-hybridized carbons (Fsp3) is 0.276. The third kappa shape index (κ3) is 7.28. The number of ether oxygens (including phenoxy) is 3. The summed E-state index contributed by atoms with van der Waals surface area (Å²) in [6.07, 6.45) is 0. The van der Waals surface area contributed by atoms with Crippen LogP contribution in [-0.2, 0) is 6.61 Å². The second-order valence-corrected chi connectivity index (χ2v) is 10.3. The zero-order valence-corrected chi connectivity index (χ0v) is 24.3. The van der Waals surface area contributed by atoms with Crippen molar-refractivity contribution in [3.8, 4) is 29.0 Å². The summed E-state index contributed by atoms with van der Waals surface area (Å²) in [5, 5.41) is 29.7. The third-order valence-electron chi connectivity index (χ3n) is 5.98. The molecule has 10 nitrogen and oxygen atoms in total. The minimum absolute atomic E-state index is 0.0976. The quantitative estimate of drug-likeness (QED) is 0.0958. The van der Waals surface area contributed by atoms with Crippen molar-refractivity contribution in [3.63, 3.8) is 0 Å². The molecule has 1 atom stereocenters. The molecule has 0 aliphatic rings. The van der Waals surface area contributed by atoms with Gasteiger partial charge in [-0.2, -0.15) is 5.26 Å². The molecule has 0 aliphatic carbocycles. The molecule has 0 amide bonds. The Kier molecular flexibility index (Phi) is 10.1. The van der Waals surface area contributed by atoms with Crippen LogP contribution in [0.3, 0.4) is 0 Å². The van der Waals surface area contributed by atoms with Crippen LogP contribution in [0.4, 0.5) is 0 Å². The molecule has 0 fully saturated rings. The summed E-state index contributed by atoms with van der Waals surface area (Å²) in [5.74, 6) is 2.01. The molecule has 0 spiro atoms. The number of aromatic nitrogens is 3. The average Bonchev–Trinajstić information content (AvgIpc) is 3.32. The molecule has 212 valence electrons. The molecular formula is C29H28ClN5O5S. The number of rotatable bonds is 13. The molecule has 12 heteroatoms. The molecule has 0 aliphatic heterocycles. The van der Waals surface area contributed by atoms with Crippen LogP contribution >= 0.6 is 23.4 Å². The summed E-state index contributed by atoms with van der Waals surface area (Å²) in [6, 6.07) is 20.1. The van der Waals surface area contributed by atoms with E-state index in [2.05, 4.69) is 16.3 Å². The maximum absolute atomic E-state index is 11.7. The van der Waals surface area contributed by atoms with E-state index in [1.807, 2.05) is 55.7 Å². The first kappa shape index (κ1) is 29.7. The Bertz CT molecular complexity index is 1550. The lowest BCUT2D eigenvalue weighted by Gasteiger charge is -2.19. The second-order valence-electron chi connectivity index (χ2n) is 8.73. The Morgan fingerprint density at radius 3 is 2.49 bits per heavy atom. The fourth-order valence-electron chi connectivity index (χ4n) is 4.13. The SMILES string of the molecule is CCOc1ccc(-n2c(C)nnc2S[C@@H](C[N+](=O)[O-])c2cc(Cl)c(OCc3ccccc3C#N)c(OCC)c2)cc1. The number of nitriles is 1. The molecule has 1 heterocycles. The van der Waals surface area contributed by atoms with Gasteiger partial charge in [-0.3, -0.25) is 14.7 Å². The van der Waals surface area contributed by atoms with E-state index in [-0.39, 0.29) is 16.6 Å². The van der Waals surface area contributed by atoms with Crippen molar-refractivity contribution >= 4 is 23.4 Å². The van der Waals surface area contributed by atoms with E-state index in [1.54, 1.807) is 30.3 Å². The Balaban J connectivity index is 1.66. The van der Waals surface area contributed by atoms with E-state index in [0.717, 1.165) is 11.4 Å². The number of nitro groups is 1. The summed E-state index contributed by atoms with van der Waals surface area (Å²) in [4.78, 5) is 11.4. The van der Waals surface area contributed by atoms with Crippen molar-refractivity contribution in [1.29, 1.82) is 5.26 Å². The number of hydrogen-bond donors (Lipinski definition) is 0. The van der Waals surface area contributed by atoms with Crippen LogP contribution in [-0.4, -0.2) is 39.4 Å². The molecule has 0 N–H and O–H groups in total. The number of hydrogen-bond acceptors (Lipinski definition) is 9. The van der Waals surface area contributed by atoms with Crippen molar-refractivity contribution in [2.24, 2.45) is 0 Å². The molecule has 4 aromatic rings. The number of benzene rings is 3. The first-order valence-corrected chi connectivity index (χ1v) is 14.1. The maximum Gasteiger partial charge on any atom is 0.220 e. The van der Waals surface area contributed by atoms with Gasteiger partial charge in [-0.05, 0) is 68.8 Å². The summed E-state index contributed by atoms with van der Waals surface area (Å²) in [5.41, 5.74) is 2.56. The van der Waals surface area contributed by atoms with Gasteiger partial charge in [0.1, 0.15) is 23.4 Å². The molecule has 41 heavy (non-hydrogen) atoms. The van der Waals surface area contributed by atoms with Crippen LogP contribution in [0.1, 0.15) is 41.6 Å². The van der Waals surface area contributed by atoms with Gasteiger partial charge in [0, 0.05) is 16.2 Å². The van der Waals surface area contributed by atoms with Crippen LogP contribution in [0.15, 0.2) is 65.8 Å². The van der Waals surface area contributed by atoms with Crippen LogP contribution in [0.25, 0.3) is 5.69 Å². The first-order valence-electron chi connectivity index (χ1n) is 12.8. The van der Waals surface area contributed by atoms with Gasteiger partial charge >= 0.3 is 0 Å². The third-order valence-corrected chi connectivity index (χ3v) is 7.44. The molecule has 0 saturated heterocycles. The lowest BCUT2D eigenvalue weighted by atomic mass is 10.1. The summed E-state index contributed by atoms with van der Waals surface area (Å²) in [6.45, 7) is 6.13. The molecule has 1 aromatic heterocycles. The first-order chi connectivity index (χ1) is 19.8. The predicted octanol–water partition coefficient (Wildman–Crippen LogP) is 6.59. The number of thioether (sulfide) groups is 1. The van der Waals surface area contributed by atoms with Gasteiger partial charge in [0.25, 0.3) is 0 Å². The van der Waals surface area contributed by atoms with Crippen molar-refractivity contribution in [3.05, 3.63) is 98.3 Å². The van der Waals surface area contributed by atoms with Crippen LogP contribution in [0.2, 0.25) is 5.02 Å². The lowest BCUT2D eigenvalue weighted by molar-refractivity contribution is -0.479. The van der Waals surface area contributed by atoms with Gasteiger partial charge in [0.05, 0.1) is 29.9 Å². The topological polar surface area (TPSA) is 125 Å². The smallest absolute Gasteiger partial charge is 0.220 e. The Labute approximate surface area is 247 Å². The zero-order valence-electron chi connectivity index (χ0n) is 22.7. The van der Waals surface area contributed by atoms with Gasteiger partial charge in [-0.1, -0.05) is 41.6 Å². The standard InChI is InChI=1S/C29H28ClN5O5S/c1-4-38-24-12-10-23(11-13-24)35-19(3)32-33-29(35)41-27(17-34(36)37)22-14-25(30)28(26(15-22)39-5-2)40-18-21-9-7-6-8-20(21)16-31/h6-15,27H,4-5,17-18H2,1-3H3/t27-/m0/s1. The Morgan fingerprint density at radius 2 is 1.80 bits per heavy atom. The van der Waals surface area contributed by atoms with E-state index in [4.69, 9.17) is 25.8 Å². The van der Waals surface area contributed by atoms with Gasteiger partial charge in [0.2, 0.25) is 6.54 Å². The van der Waals surface area contributed by atoms with Crippen LogP contribution in [0.5, 0.6) is 17.2 Å². The highest BCUT2D eigenvalue weighted by Gasteiger charge is 2.26. The maximum atomic E-state index is 11.7. The second kappa shape index (κ2) is 13.9. The van der Waals surface area contributed by atoms with Crippen molar-refractivity contribution < 1.29 is 19.1 Å². The van der Waals surface area contributed by atoms with E-state index in [1.165, 1.54) is 11.8 Å². The molecular weight excluding hydrogens is 566 g/mol. The Morgan fingerprint density at radius 1 is 1.07 bits per heavy atom. The largest absolute Gasteiger partial charge is 0.494 e. The molecule has 0 saturated carbocycles. The van der Waals surface area contributed by atoms with E-state index in [9.17, 15) is 15.4 Å². The highest BCUT2D eigenvalue weighted by Crippen LogP contribution is 2.43. The predicted molar refractivity (Wildman–Crippen MR) is 156 cm³/mol. The number of halogens is 1. The lowest BCUT2D eigenvalue weighted by Crippen LogP contribution is -2.12. The molecule has 3 aromatic carbocycles. The summed E-state index contributed by atoms with van der Waals surface area (Å²) in [7, 11) is 0. The monoisotopic (exact) mass is 593 g/mol. The van der Waals surface area contributed by atoms with E-state index < -0.39 is 11.8 Å². The van der Waals surface area contributed by atoms with Crippen LogP contribution < -0.4 is 14.2 Å². The van der Waals surface area contributed by atoms with E-state index in [0.29, 0.717) is 52.4 Å². The van der Waals surface area contributed by atoms with Crippen LogP contribution in [0, 0.1) is 28.4 Å². The average molecular weight is 594 g/mol. The molecule has 4 rings (SSSR count). The highest BCUT2D eigenvalue weighted by molar-refractivity contribution is 7.99. The van der Waals surface area contributed by atoms with E-state index >= 15 is 0 Å². The van der Waals surface area contributed by atoms with Gasteiger partial charge < -0.3 is 14.2 Å². The molecule has 0 radical (unpaired) electrons. The van der Waals surface area contributed by atoms with Gasteiger partial charge in [-0.25, -0.2) is 0 Å². The fourth-order valence-corrected chi connectivity index (χ4v) is 5.56. The number of aryl methyl sites for hydroxylation is 1. The molecule has 0 bridgehead atoms. The zero-order chi connectivity index (χ0) is 29.4. The summed E-state index contributed by atoms with van der Waals surface area (Å²) < 4.78 is 19.2.